The SMILES string of the molecule is C[S@](=O)c1c(Cl)cccc1Cl. The first-order chi connectivity index (χ1) is 5.13. The predicted molar refractivity (Wildman–Crippen MR) is 48.8 cm³/mol. The van der Waals surface area contributed by atoms with Crippen molar-refractivity contribution in [3.8, 4) is 0 Å². The van der Waals surface area contributed by atoms with Crippen LogP contribution < -0.4 is 0 Å². The first-order valence-electron chi connectivity index (χ1n) is 2.90. The van der Waals surface area contributed by atoms with Crippen molar-refractivity contribution in [1.82, 2.24) is 0 Å². The lowest BCUT2D eigenvalue weighted by Crippen LogP contribution is -1.89. The highest BCUT2D eigenvalue weighted by Gasteiger charge is 2.07. The average Bonchev–Trinajstić information content (AvgIpc) is 1.85. The van der Waals surface area contributed by atoms with E-state index in [2.05, 4.69) is 0 Å². The summed E-state index contributed by atoms with van der Waals surface area (Å²) in [4.78, 5) is 0.510. The maximum Gasteiger partial charge on any atom is 0.0757 e. The van der Waals surface area contributed by atoms with Crippen LogP contribution in [0.4, 0.5) is 0 Å². The Morgan fingerprint density at radius 2 is 1.73 bits per heavy atom. The van der Waals surface area contributed by atoms with Crippen molar-refractivity contribution in [1.29, 1.82) is 0 Å². The van der Waals surface area contributed by atoms with Gasteiger partial charge in [-0.3, -0.25) is 4.21 Å². The van der Waals surface area contributed by atoms with Gasteiger partial charge in [-0.2, -0.15) is 0 Å². The standard InChI is InChI=1S/C7H6Cl2OS/c1-11(10)7-5(8)3-2-4-6(7)9/h2-4H,1H3/t11-/m0/s1. The van der Waals surface area contributed by atoms with Crippen molar-refractivity contribution >= 4 is 34.0 Å². The van der Waals surface area contributed by atoms with Gasteiger partial charge in [-0.05, 0) is 12.1 Å². The molecule has 0 aliphatic heterocycles. The first kappa shape index (κ1) is 9.04. The lowest BCUT2D eigenvalue weighted by molar-refractivity contribution is 0.687. The quantitative estimate of drug-likeness (QED) is 0.694. The second-order valence-electron chi connectivity index (χ2n) is 2.00. The summed E-state index contributed by atoms with van der Waals surface area (Å²) in [7, 11) is -1.12. The minimum absolute atomic E-state index is 0.457. The summed E-state index contributed by atoms with van der Waals surface area (Å²) in [5.41, 5.74) is 0. The smallest absolute Gasteiger partial charge is 0.0757 e. The van der Waals surface area contributed by atoms with Gasteiger partial charge in [0, 0.05) is 6.26 Å². The fraction of sp³-hybridized carbons (Fsp3) is 0.143. The van der Waals surface area contributed by atoms with Gasteiger partial charge >= 0.3 is 0 Å². The van der Waals surface area contributed by atoms with Crippen LogP contribution in [0.15, 0.2) is 23.1 Å². The normalized spacial score (nSPS) is 13.0. The lowest BCUT2D eigenvalue weighted by atomic mass is 10.4. The van der Waals surface area contributed by atoms with E-state index in [4.69, 9.17) is 23.2 Å². The van der Waals surface area contributed by atoms with E-state index in [9.17, 15) is 4.21 Å². The predicted octanol–water partition coefficient (Wildman–Crippen LogP) is 2.73. The molecule has 0 unspecified atom stereocenters. The molecule has 0 aliphatic rings. The molecule has 0 aliphatic carbocycles. The van der Waals surface area contributed by atoms with Crippen LogP contribution in [0, 0.1) is 0 Å². The molecule has 1 atom stereocenters. The van der Waals surface area contributed by atoms with Gasteiger partial charge in [0.05, 0.1) is 25.7 Å². The topological polar surface area (TPSA) is 17.1 Å². The molecule has 0 heterocycles. The summed E-state index contributed by atoms with van der Waals surface area (Å²) < 4.78 is 11.0. The van der Waals surface area contributed by atoms with Crippen LogP contribution in [0.5, 0.6) is 0 Å². The highest BCUT2D eigenvalue weighted by molar-refractivity contribution is 7.84. The average molecular weight is 209 g/mol. The van der Waals surface area contributed by atoms with Crippen LogP contribution in [0.25, 0.3) is 0 Å². The molecular formula is C7H6Cl2OS. The third kappa shape index (κ3) is 1.95. The molecule has 0 fully saturated rings. The minimum Gasteiger partial charge on any atom is -0.255 e. The summed E-state index contributed by atoms with van der Waals surface area (Å²) in [6.45, 7) is 0. The molecule has 0 saturated heterocycles. The van der Waals surface area contributed by atoms with Gasteiger partial charge < -0.3 is 0 Å². The van der Waals surface area contributed by atoms with E-state index in [1.807, 2.05) is 0 Å². The third-order valence-corrected chi connectivity index (χ3v) is 3.08. The Morgan fingerprint density at radius 3 is 2.00 bits per heavy atom. The Balaban J connectivity index is 3.32. The fourth-order valence-corrected chi connectivity index (χ4v) is 2.49. The highest BCUT2D eigenvalue weighted by Crippen LogP contribution is 2.26. The van der Waals surface area contributed by atoms with E-state index < -0.39 is 10.8 Å². The molecule has 1 aromatic carbocycles. The van der Waals surface area contributed by atoms with Crippen molar-refractivity contribution < 1.29 is 4.21 Å². The van der Waals surface area contributed by atoms with Crippen molar-refractivity contribution in [3.05, 3.63) is 28.2 Å². The van der Waals surface area contributed by atoms with E-state index in [0.29, 0.717) is 14.9 Å². The molecule has 11 heavy (non-hydrogen) atoms. The zero-order valence-corrected chi connectivity index (χ0v) is 8.13. The molecule has 0 radical (unpaired) electrons. The zero-order valence-electron chi connectivity index (χ0n) is 5.80. The van der Waals surface area contributed by atoms with Crippen LogP contribution in [0.2, 0.25) is 10.0 Å². The van der Waals surface area contributed by atoms with Crippen LogP contribution in [-0.4, -0.2) is 10.5 Å². The van der Waals surface area contributed by atoms with Gasteiger partial charge in [0.2, 0.25) is 0 Å². The fourth-order valence-electron chi connectivity index (χ4n) is 0.757. The Hall–Kier alpha value is -0.0500. The Bertz CT molecular complexity index is 278. The van der Waals surface area contributed by atoms with Gasteiger partial charge in [-0.25, -0.2) is 0 Å². The van der Waals surface area contributed by atoms with Crippen LogP contribution in [-0.2, 0) is 10.8 Å². The second kappa shape index (κ2) is 3.57. The number of halogens is 2. The molecule has 1 rings (SSSR count). The summed E-state index contributed by atoms with van der Waals surface area (Å²) >= 11 is 11.5. The zero-order chi connectivity index (χ0) is 8.43. The molecule has 0 N–H and O–H groups in total. The minimum atomic E-state index is -1.12. The number of hydrogen-bond donors (Lipinski definition) is 0. The molecule has 60 valence electrons. The Kier molecular flexibility index (Phi) is 2.93. The number of benzene rings is 1. The Morgan fingerprint density at radius 1 is 1.27 bits per heavy atom. The lowest BCUT2D eigenvalue weighted by Gasteiger charge is -2.01. The molecule has 1 aromatic rings. The van der Waals surface area contributed by atoms with E-state index in [1.54, 1.807) is 24.5 Å². The molecule has 0 spiro atoms. The summed E-state index contributed by atoms with van der Waals surface area (Å²) in [6.07, 6.45) is 1.55. The van der Waals surface area contributed by atoms with Gasteiger partial charge in [0.25, 0.3) is 0 Å². The highest BCUT2D eigenvalue weighted by atomic mass is 35.5. The maximum atomic E-state index is 11.0. The molecule has 1 nitrogen and oxygen atoms in total. The van der Waals surface area contributed by atoms with Gasteiger partial charge in [-0.1, -0.05) is 29.3 Å². The molecule has 0 aromatic heterocycles. The molecule has 0 bridgehead atoms. The summed E-state index contributed by atoms with van der Waals surface area (Å²) in [5.74, 6) is 0. The van der Waals surface area contributed by atoms with E-state index >= 15 is 0 Å². The van der Waals surface area contributed by atoms with Crippen LogP contribution in [0.3, 0.4) is 0 Å². The summed E-state index contributed by atoms with van der Waals surface area (Å²) in [5, 5.41) is 0.914. The summed E-state index contributed by atoms with van der Waals surface area (Å²) in [6, 6.07) is 5.06. The van der Waals surface area contributed by atoms with Gasteiger partial charge in [-0.15, -0.1) is 0 Å². The maximum absolute atomic E-state index is 11.0. The molecular weight excluding hydrogens is 203 g/mol. The third-order valence-electron chi connectivity index (χ3n) is 1.21. The van der Waals surface area contributed by atoms with E-state index in [-0.39, 0.29) is 0 Å². The number of hydrogen-bond acceptors (Lipinski definition) is 1. The van der Waals surface area contributed by atoms with Crippen molar-refractivity contribution in [2.45, 2.75) is 4.90 Å². The number of rotatable bonds is 1. The van der Waals surface area contributed by atoms with Crippen molar-refractivity contribution in [2.75, 3.05) is 6.26 Å². The molecule has 0 saturated carbocycles. The van der Waals surface area contributed by atoms with Crippen LogP contribution in [0.1, 0.15) is 0 Å². The Labute approximate surface area is 77.8 Å². The van der Waals surface area contributed by atoms with Crippen LogP contribution >= 0.6 is 23.2 Å². The molecule has 4 heteroatoms. The van der Waals surface area contributed by atoms with E-state index in [1.165, 1.54) is 0 Å². The van der Waals surface area contributed by atoms with E-state index in [0.717, 1.165) is 0 Å². The largest absolute Gasteiger partial charge is 0.255 e. The van der Waals surface area contributed by atoms with Gasteiger partial charge in [0.1, 0.15) is 0 Å². The second-order valence-corrected chi connectivity index (χ2v) is 4.14. The first-order valence-corrected chi connectivity index (χ1v) is 5.22. The monoisotopic (exact) mass is 208 g/mol. The van der Waals surface area contributed by atoms with Crippen molar-refractivity contribution in [3.63, 3.8) is 0 Å². The molecule has 0 amide bonds. The van der Waals surface area contributed by atoms with Crippen molar-refractivity contribution in [2.24, 2.45) is 0 Å². The van der Waals surface area contributed by atoms with Gasteiger partial charge in [0.15, 0.2) is 0 Å².